The summed E-state index contributed by atoms with van der Waals surface area (Å²) in [6, 6.07) is 6.33. The third-order valence-electron chi connectivity index (χ3n) is 2.38. The molecule has 0 saturated carbocycles. The SMILES string of the molecule is CCS(=O)(=O)CCOc1ccc(C(=O)OC)cc1. The lowest BCUT2D eigenvalue weighted by atomic mass is 10.2. The number of methoxy groups -OCH3 is 1. The molecule has 1 aromatic carbocycles. The second kappa shape index (κ2) is 6.39. The lowest BCUT2D eigenvalue weighted by molar-refractivity contribution is 0.0600. The van der Waals surface area contributed by atoms with Crippen LogP contribution < -0.4 is 4.74 Å². The molecule has 0 N–H and O–H groups in total. The topological polar surface area (TPSA) is 69.7 Å². The highest BCUT2D eigenvalue weighted by Gasteiger charge is 2.08. The predicted molar refractivity (Wildman–Crippen MR) is 67.6 cm³/mol. The Morgan fingerprint density at radius 1 is 1.22 bits per heavy atom. The van der Waals surface area contributed by atoms with Crippen LogP contribution in [0.1, 0.15) is 17.3 Å². The van der Waals surface area contributed by atoms with Gasteiger partial charge in [0.05, 0.1) is 18.4 Å². The van der Waals surface area contributed by atoms with Crippen molar-refractivity contribution in [3.05, 3.63) is 29.8 Å². The van der Waals surface area contributed by atoms with E-state index in [4.69, 9.17) is 4.74 Å². The molecule has 0 aliphatic heterocycles. The first kappa shape index (κ1) is 14.5. The number of hydrogen-bond donors (Lipinski definition) is 0. The fourth-order valence-corrected chi connectivity index (χ4v) is 1.86. The Morgan fingerprint density at radius 2 is 1.83 bits per heavy atom. The number of rotatable bonds is 6. The number of sulfone groups is 1. The summed E-state index contributed by atoms with van der Waals surface area (Å²) < 4.78 is 32.3. The Labute approximate surface area is 107 Å². The molecule has 0 amide bonds. The van der Waals surface area contributed by atoms with E-state index in [2.05, 4.69) is 4.74 Å². The van der Waals surface area contributed by atoms with Crippen molar-refractivity contribution < 1.29 is 22.7 Å². The molecule has 0 aliphatic carbocycles. The molecule has 0 fully saturated rings. The van der Waals surface area contributed by atoms with Crippen molar-refractivity contribution in [1.82, 2.24) is 0 Å². The first-order chi connectivity index (χ1) is 8.48. The second-order valence-corrected chi connectivity index (χ2v) is 6.07. The van der Waals surface area contributed by atoms with Crippen molar-refractivity contribution in [2.75, 3.05) is 25.2 Å². The lowest BCUT2D eigenvalue weighted by Gasteiger charge is -2.06. The molecular weight excluding hydrogens is 256 g/mol. The molecule has 5 nitrogen and oxygen atoms in total. The first-order valence-corrected chi connectivity index (χ1v) is 7.32. The molecule has 0 unspecified atom stereocenters. The van der Waals surface area contributed by atoms with Crippen LogP contribution in [0.3, 0.4) is 0 Å². The molecule has 18 heavy (non-hydrogen) atoms. The van der Waals surface area contributed by atoms with Gasteiger partial charge in [-0.3, -0.25) is 0 Å². The third-order valence-corrected chi connectivity index (χ3v) is 4.05. The summed E-state index contributed by atoms with van der Waals surface area (Å²) in [6.45, 7) is 1.70. The standard InChI is InChI=1S/C12H16O5S/c1-3-18(14,15)9-8-17-11-6-4-10(5-7-11)12(13)16-2/h4-7H,3,8-9H2,1-2H3. The van der Waals surface area contributed by atoms with E-state index < -0.39 is 15.8 Å². The predicted octanol–water partition coefficient (Wildman–Crippen LogP) is 1.29. The Kier molecular flexibility index (Phi) is 5.15. The van der Waals surface area contributed by atoms with E-state index in [0.29, 0.717) is 11.3 Å². The van der Waals surface area contributed by atoms with Gasteiger partial charge in [-0.1, -0.05) is 6.92 Å². The molecule has 0 atom stereocenters. The smallest absolute Gasteiger partial charge is 0.337 e. The largest absolute Gasteiger partial charge is 0.493 e. The van der Waals surface area contributed by atoms with Crippen molar-refractivity contribution in [3.8, 4) is 5.75 Å². The molecule has 1 aromatic rings. The van der Waals surface area contributed by atoms with Crippen molar-refractivity contribution in [2.24, 2.45) is 0 Å². The fourth-order valence-electron chi connectivity index (χ4n) is 1.24. The average molecular weight is 272 g/mol. The van der Waals surface area contributed by atoms with Crippen LogP contribution in [-0.4, -0.2) is 39.6 Å². The highest BCUT2D eigenvalue weighted by atomic mass is 32.2. The zero-order chi connectivity index (χ0) is 13.6. The van der Waals surface area contributed by atoms with Gasteiger partial charge in [-0.2, -0.15) is 0 Å². The van der Waals surface area contributed by atoms with Gasteiger partial charge in [0.25, 0.3) is 0 Å². The van der Waals surface area contributed by atoms with Gasteiger partial charge in [0.15, 0.2) is 9.84 Å². The van der Waals surface area contributed by atoms with Crippen LogP contribution >= 0.6 is 0 Å². The Hall–Kier alpha value is -1.56. The van der Waals surface area contributed by atoms with E-state index in [0.717, 1.165) is 0 Å². The summed E-state index contributed by atoms with van der Waals surface area (Å²) in [7, 11) is -1.71. The van der Waals surface area contributed by atoms with Crippen molar-refractivity contribution in [3.63, 3.8) is 0 Å². The minimum Gasteiger partial charge on any atom is -0.493 e. The van der Waals surface area contributed by atoms with E-state index in [9.17, 15) is 13.2 Å². The minimum atomic E-state index is -3.01. The third kappa shape index (κ3) is 4.37. The summed E-state index contributed by atoms with van der Waals surface area (Å²) in [6.07, 6.45) is 0. The van der Waals surface area contributed by atoms with Gasteiger partial charge < -0.3 is 9.47 Å². The summed E-state index contributed by atoms with van der Waals surface area (Å²) in [5.74, 6) is 0.198. The van der Waals surface area contributed by atoms with Gasteiger partial charge in [0, 0.05) is 5.75 Å². The van der Waals surface area contributed by atoms with E-state index in [1.165, 1.54) is 7.11 Å². The van der Waals surface area contributed by atoms with Gasteiger partial charge in [-0.25, -0.2) is 13.2 Å². The molecule has 6 heteroatoms. The zero-order valence-electron chi connectivity index (χ0n) is 10.4. The molecule has 0 aliphatic rings. The van der Waals surface area contributed by atoms with Crippen LogP contribution in [0.5, 0.6) is 5.75 Å². The van der Waals surface area contributed by atoms with Crippen LogP contribution in [0.25, 0.3) is 0 Å². The number of ether oxygens (including phenoxy) is 2. The van der Waals surface area contributed by atoms with E-state index in [1.807, 2.05) is 0 Å². The molecule has 0 aromatic heterocycles. The summed E-state index contributed by atoms with van der Waals surface area (Å²) in [5, 5.41) is 0. The van der Waals surface area contributed by atoms with Crippen LogP contribution in [0.2, 0.25) is 0 Å². The number of carbonyl (C=O) groups excluding carboxylic acids is 1. The molecular formula is C12H16O5S. The maximum Gasteiger partial charge on any atom is 0.337 e. The maximum absolute atomic E-state index is 11.2. The average Bonchev–Trinajstić information content (AvgIpc) is 2.38. The minimum absolute atomic E-state index is 0.0117. The first-order valence-electron chi connectivity index (χ1n) is 5.50. The summed E-state index contributed by atoms with van der Waals surface area (Å²) in [5.41, 5.74) is 0.422. The molecule has 0 radical (unpaired) electrons. The maximum atomic E-state index is 11.2. The number of hydrogen-bond acceptors (Lipinski definition) is 5. The van der Waals surface area contributed by atoms with Gasteiger partial charge in [-0.05, 0) is 24.3 Å². The number of carbonyl (C=O) groups is 1. The van der Waals surface area contributed by atoms with E-state index in [1.54, 1.807) is 31.2 Å². The van der Waals surface area contributed by atoms with Gasteiger partial charge in [0.2, 0.25) is 0 Å². The van der Waals surface area contributed by atoms with Crippen LogP contribution in [0, 0.1) is 0 Å². The molecule has 100 valence electrons. The second-order valence-electron chi connectivity index (χ2n) is 3.60. The molecule has 0 spiro atoms. The van der Waals surface area contributed by atoms with Gasteiger partial charge >= 0.3 is 5.97 Å². The highest BCUT2D eigenvalue weighted by molar-refractivity contribution is 7.91. The van der Waals surface area contributed by atoms with Crippen molar-refractivity contribution >= 4 is 15.8 Å². The van der Waals surface area contributed by atoms with Crippen molar-refractivity contribution in [1.29, 1.82) is 0 Å². The quantitative estimate of drug-likeness (QED) is 0.730. The summed E-state index contributed by atoms with van der Waals surface area (Å²) >= 11 is 0. The zero-order valence-corrected chi connectivity index (χ0v) is 11.2. The molecule has 1 rings (SSSR count). The number of benzene rings is 1. The summed E-state index contributed by atoms with van der Waals surface area (Å²) in [4.78, 5) is 11.2. The Morgan fingerprint density at radius 3 is 2.33 bits per heavy atom. The molecule has 0 heterocycles. The van der Waals surface area contributed by atoms with Gasteiger partial charge in [0.1, 0.15) is 12.4 Å². The fraction of sp³-hybridized carbons (Fsp3) is 0.417. The Bertz CT molecular complexity index is 490. The van der Waals surface area contributed by atoms with Crippen molar-refractivity contribution in [2.45, 2.75) is 6.92 Å². The van der Waals surface area contributed by atoms with E-state index in [-0.39, 0.29) is 18.1 Å². The van der Waals surface area contributed by atoms with Crippen LogP contribution in [0.15, 0.2) is 24.3 Å². The Balaban J connectivity index is 2.52. The lowest BCUT2D eigenvalue weighted by Crippen LogP contribution is -2.15. The molecule has 0 saturated heterocycles. The monoisotopic (exact) mass is 272 g/mol. The van der Waals surface area contributed by atoms with Gasteiger partial charge in [-0.15, -0.1) is 0 Å². The molecule has 0 bridgehead atoms. The normalized spacial score (nSPS) is 11.0. The number of esters is 1. The van der Waals surface area contributed by atoms with Crippen LogP contribution in [-0.2, 0) is 14.6 Å². The van der Waals surface area contributed by atoms with Crippen LogP contribution in [0.4, 0.5) is 0 Å². The highest BCUT2D eigenvalue weighted by Crippen LogP contribution is 2.12. The van der Waals surface area contributed by atoms with E-state index >= 15 is 0 Å².